The molecule has 0 fully saturated rings. The first-order chi connectivity index (χ1) is 29.7. The standard InChI is InChI=1S/C49H95N4O.C2H6O4S/c1-4-7-9-11-13-15-17-19-21-23-25-27-29-31-33-35-37-40-48-51-43-46-53(48,6-3)47-45-52(44-39-42-50)49(54)41-38-36-34-32-30-28-26-24-22-20-18-16-14-12-10-8-5-2;1-2-6-7(3,4)5/h4-41,43-47H2,1-3H3;2H2,1H3,(H,3,4,5)/q+1;/p-1. The lowest BCUT2D eigenvalue weighted by molar-refractivity contribution is -0.833. The molecule has 0 saturated heterocycles. The molecule has 1 unspecified atom stereocenters. The van der Waals surface area contributed by atoms with Crippen molar-refractivity contribution in [3.63, 3.8) is 0 Å². The number of quaternary nitrogens is 1. The molecule has 0 saturated carbocycles. The Morgan fingerprint density at radius 1 is 0.623 bits per heavy atom. The van der Waals surface area contributed by atoms with Gasteiger partial charge in [-0.3, -0.25) is 13.5 Å². The van der Waals surface area contributed by atoms with Crippen LogP contribution in [-0.2, 0) is 19.4 Å². The number of aliphatic imine (C=N–C) groups is 1. The molecule has 0 aromatic heterocycles. The lowest BCUT2D eigenvalue weighted by atomic mass is 10.0. The van der Waals surface area contributed by atoms with Crippen LogP contribution in [0.15, 0.2) is 4.99 Å². The van der Waals surface area contributed by atoms with Gasteiger partial charge in [0.2, 0.25) is 16.3 Å². The van der Waals surface area contributed by atoms with E-state index in [9.17, 15) is 23.0 Å². The molecule has 1 amide bonds. The van der Waals surface area contributed by atoms with E-state index in [1.807, 2.05) is 4.90 Å². The van der Waals surface area contributed by atoms with Crippen LogP contribution in [0.5, 0.6) is 0 Å². The SMILES string of the molecule is CCCCCCCCCCCCCCCCCCCC(=O)N(CCC#N)CC[N+]1(CC)CCN=C1CCCCCCCCCCCCCCCCCCC.CCOS(=O)(=O)[O-]. The van der Waals surface area contributed by atoms with E-state index >= 15 is 0 Å². The maximum atomic E-state index is 13.3. The molecule has 360 valence electrons. The second-order valence-corrected chi connectivity index (χ2v) is 19.2. The summed E-state index contributed by atoms with van der Waals surface area (Å²) in [6.07, 6.45) is 49.1. The van der Waals surface area contributed by atoms with Crippen LogP contribution >= 0.6 is 0 Å². The summed E-state index contributed by atoms with van der Waals surface area (Å²) in [4.78, 5) is 20.3. The average Bonchev–Trinajstić information content (AvgIpc) is 3.65. The first kappa shape index (κ1) is 59.5. The summed E-state index contributed by atoms with van der Waals surface area (Å²) in [5.41, 5.74) is 0. The van der Waals surface area contributed by atoms with E-state index in [0.29, 0.717) is 19.4 Å². The maximum Gasteiger partial charge on any atom is 0.222 e. The number of hydrogen-bond acceptors (Lipinski definition) is 7. The van der Waals surface area contributed by atoms with Gasteiger partial charge in [0.25, 0.3) is 0 Å². The zero-order valence-corrected chi connectivity index (χ0v) is 41.7. The Balaban J connectivity index is 0.00000470. The smallest absolute Gasteiger partial charge is 0.222 e. The Morgan fingerprint density at radius 3 is 1.33 bits per heavy atom. The molecule has 1 rings (SSSR count). The predicted molar refractivity (Wildman–Crippen MR) is 259 cm³/mol. The number of hydrogen-bond donors (Lipinski definition) is 0. The van der Waals surface area contributed by atoms with E-state index in [4.69, 9.17) is 4.99 Å². The summed E-state index contributed by atoms with van der Waals surface area (Å²) in [6, 6.07) is 2.29. The molecular weight excluding hydrogens is 781 g/mol. The van der Waals surface area contributed by atoms with Crippen LogP contribution in [0.4, 0.5) is 0 Å². The summed E-state index contributed by atoms with van der Waals surface area (Å²) in [5.74, 6) is 1.63. The third kappa shape index (κ3) is 37.5. The van der Waals surface area contributed by atoms with Crippen LogP contribution in [-0.4, -0.2) is 80.0 Å². The number of carbonyl (C=O) groups excluding carboxylic acids is 1. The molecule has 1 aliphatic heterocycles. The minimum absolute atomic E-state index is 0.0914. The normalized spacial score (nSPS) is 15.0. The Morgan fingerprint density at radius 2 is 1.00 bits per heavy atom. The van der Waals surface area contributed by atoms with Crippen molar-refractivity contribution in [2.45, 2.75) is 265 Å². The van der Waals surface area contributed by atoms with Gasteiger partial charge in [-0.2, -0.15) is 5.26 Å². The zero-order chi connectivity index (χ0) is 45.0. The molecule has 0 bridgehead atoms. The summed E-state index contributed by atoms with van der Waals surface area (Å²) in [6.45, 7) is 13.6. The second kappa shape index (κ2) is 43.7. The van der Waals surface area contributed by atoms with Crippen LogP contribution in [0, 0.1) is 11.3 Å². The van der Waals surface area contributed by atoms with Gasteiger partial charge in [0.15, 0.2) is 5.84 Å². The van der Waals surface area contributed by atoms with Crippen LogP contribution in [0.1, 0.15) is 265 Å². The van der Waals surface area contributed by atoms with Crippen molar-refractivity contribution in [2.24, 2.45) is 4.99 Å². The monoisotopic (exact) mass is 881 g/mol. The van der Waals surface area contributed by atoms with Crippen molar-refractivity contribution in [2.75, 3.05) is 45.9 Å². The topological polar surface area (TPSA) is 123 Å². The second-order valence-electron chi connectivity index (χ2n) is 18.1. The minimum Gasteiger partial charge on any atom is -0.726 e. The summed E-state index contributed by atoms with van der Waals surface area (Å²) < 4.78 is 33.0. The van der Waals surface area contributed by atoms with Gasteiger partial charge in [0.1, 0.15) is 13.1 Å². The Hall–Kier alpha value is -1.54. The molecule has 0 N–H and O–H groups in total. The highest BCUT2D eigenvalue weighted by atomic mass is 32.3. The molecule has 0 aliphatic carbocycles. The van der Waals surface area contributed by atoms with Crippen molar-refractivity contribution in [1.29, 1.82) is 5.26 Å². The van der Waals surface area contributed by atoms with Crippen LogP contribution < -0.4 is 0 Å². The van der Waals surface area contributed by atoms with Crippen molar-refractivity contribution in [3.8, 4) is 6.07 Å². The quantitative estimate of drug-likeness (QED) is 0.0260. The molecule has 10 heteroatoms. The molecule has 0 aromatic rings. The third-order valence-electron chi connectivity index (χ3n) is 12.9. The summed E-state index contributed by atoms with van der Waals surface area (Å²) in [5, 5.41) is 9.31. The molecule has 1 atom stereocenters. The van der Waals surface area contributed by atoms with Gasteiger partial charge >= 0.3 is 0 Å². The number of rotatable bonds is 44. The fourth-order valence-corrected chi connectivity index (χ4v) is 9.16. The van der Waals surface area contributed by atoms with Gasteiger partial charge in [-0.15, -0.1) is 0 Å². The van der Waals surface area contributed by atoms with E-state index in [1.54, 1.807) is 0 Å². The average molecular weight is 881 g/mol. The zero-order valence-electron chi connectivity index (χ0n) is 40.9. The maximum absolute atomic E-state index is 13.3. The third-order valence-corrected chi connectivity index (χ3v) is 13.4. The highest BCUT2D eigenvalue weighted by molar-refractivity contribution is 7.80. The number of nitriles is 1. The van der Waals surface area contributed by atoms with Crippen LogP contribution in [0.25, 0.3) is 0 Å². The largest absolute Gasteiger partial charge is 0.726 e. The van der Waals surface area contributed by atoms with Crippen molar-refractivity contribution >= 4 is 22.1 Å². The van der Waals surface area contributed by atoms with Gasteiger partial charge in [-0.05, 0) is 26.7 Å². The van der Waals surface area contributed by atoms with Gasteiger partial charge < -0.3 is 9.45 Å². The van der Waals surface area contributed by atoms with E-state index in [2.05, 4.69) is 31.0 Å². The lowest BCUT2D eigenvalue weighted by Gasteiger charge is -2.36. The lowest BCUT2D eigenvalue weighted by Crippen LogP contribution is -2.54. The molecule has 0 radical (unpaired) electrons. The first-order valence-corrected chi connectivity index (χ1v) is 27.7. The molecule has 61 heavy (non-hydrogen) atoms. The van der Waals surface area contributed by atoms with E-state index < -0.39 is 10.4 Å². The van der Waals surface area contributed by atoms with Crippen LogP contribution in [0.2, 0.25) is 0 Å². The first-order valence-electron chi connectivity index (χ1n) is 26.3. The number of carbonyl (C=O) groups is 1. The van der Waals surface area contributed by atoms with E-state index in [-0.39, 0.29) is 12.5 Å². The molecule has 0 aromatic carbocycles. The highest BCUT2D eigenvalue weighted by Crippen LogP contribution is 2.22. The van der Waals surface area contributed by atoms with Gasteiger partial charge in [-0.1, -0.05) is 219 Å². The fourth-order valence-electron chi connectivity index (χ4n) is 8.88. The number of likely N-dealkylation sites (N-methyl/N-ethyl adjacent to an activating group) is 1. The molecular formula is C51H100N4O5S. The van der Waals surface area contributed by atoms with Crippen LogP contribution in [0.3, 0.4) is 0 Å². The summed E-state index contributed by atoms with van der Waals surface area (Å²) in [7, 11) is -4.42. The molecule has 9 nitrogen and oxygen atoms in total. The molecule has 1 heterocycles. The van der Waals surface area contributed by atoms with Crippen molar-refractivity contribution in [1.82, 2.24) is 4.90 Å². The van der Waals surface area contributed by atoms with Crippen molar-refractivity contribution < 1.29 is 26.4 Å². The minimum atomic E-state index is -4.42. The van der Waals surface area contributed by atoms with Gasteiger partial charge in [-0.25, -0.2) is 13.4 Å². The predicted octanol–water partition coefficient (Wildman–Crippen LogP) is 14.5. The van der Waals surface area contributed by atoms with Crippen molar-refractivity contribution in [3.05, 3.63) is 0 Å². The highest BCUT2D eigenvalue weighted by Gasteiger charge is 2.36. The Labute approximate surface area is 379 Å². The number of amidine groups is 1. The number of amides is 1. The van der Waals surface area contributed by atoms with Gasteiger partial charge in [0, 0.05) is 19.4 Å². The fraction of sp³-hybridized carbons (Fsp3) is 0.941. The molecule has 0 spiro atoms. The van der Waals surface area contributed by atoms with Gasteiger partial charge in [0.05, 0.1) is 38.7 Å². The summed E-state index contributed by atoms with van der Waals surface area (Å²) >= 11 is 0. The Kier molecular flexibility index (Phi) is 42.6. The van der Waals surface area contributed by atoms with E-state index in [0.717, 1.165) is 56.5 Å². The number of nitrogens with zero attached hydrogens (tertiary/aromatic N) is 4. The number of unbranched alkanes of at least 4 members (excludes halogenated alkanes) is 32. The molecule has 1 aliphatic rings. The Bertz CT molecular complexity index is 1160. The van der Waals surface area contributed by atoms with E-state index in [1.165, 1.54) is 218 Å².